The molecule has 0 spiro atoms. The van der Waals surface area contributed by atoms with E-state index >= 15 is 0 Å². The number of rotatable bonds is 3. The summed E-state index contributed by atoms with van der Waals surface area (Å²) in [5.74, 6) is -0.415. The van der Waals surface area contributed by atoms with Gasteiger partial charge in [0.1, 0.15) is 11.8 Å². The molecule has 1 aliphatic rings. The molecule has 2 aromatic carbocycles. The average Bonchev–Trinajstić information content (AvgIpc) is 2.94. The predicted molar refractivity (Wildman–Crippen MR) is 90.3 cm³/mol. The third-order valence-corrected chi connectivity index (χ3v) is 4.46. The number of hydrogen-bond acceptors (Lipinski definition) is 4. The van der Waals surface area contributed by atoms with E-state index in [-0.39, 0.29) is 11.3 Å². The third kappa shape index (κ3) is 2.55. The first-order valence-electron chi connectivity index (χ1n) is 7.64. The van der Waals surface area contributed by atoms with Crippen molar-refractivity contribution in [1.29, 1.82) is 0 Å². The Kier molecular flexibility index (Phi) is 4.07. The summed E-state index contributed by atoms with van der Waals surface area (Å²) in [6, 6.07) is 10.5. The van der Waals surface area contributed by atoms with Crippen LogP contribution in [0.5, 0.6) is 0 Å². The Balaban J connectivity index is 2.12. The van der Waals surface area contributed by atoms with Gasteiger partial charge < -0.3 is 4.74 Å². The number of ether oxygens (including phenoxy) is 1. The molecule has 1 heterocycles. The van der Waals surface area contributed by atoms with Crippen LogP contribution in [0.4, 0.5) is 11.4 Å². The lowest BCUT2D eigenvalue weighted by Crippen LogP contribution is -2.39. The van der Waals surface area contributed by atoms with Crippen LogP contribution in [0.2, 0.25) is 0 Å². The molecule has 0 N–H and O–H groups in total. The quantitative estimate of drug-likeness (QED) is 0.640. The van der Waals surface area contributed by atoms with Crippen molar-refractivity contribution in [3.05, 3.63) is 68.8 Å². The molecule has 0 saturated carbocycles. The van der Waals surface area contributed by atoms with Crippen molar-refractivity contribution in [2.75, 3.05) is 12.0 Å². The van der Waals surface area contributed by atoms with Crippen LogP contribution < -0.4 is 4.90 Å². The van der Waals surface area contributed by atoms with Gasteiger partial charge in [-0.3, -0.25) is 19.8 Å². The minimum absolute atomic E-state index is 0.0850. The van der Waals surface area contributed by atoms with Crippen LogP contribution in [0.15, 0.2) is 36.4 Å². The van der Waals surface area contributed by atoms with Crippen molar-refractivity contribution in [1.82, 2.24) is 0 Å². The number of amides is 1. The van der Waals surface area contributed by atoms with Gasteiger partial charge >= 0.3 is 0 Å². The molecule has 0 aliphatic carbocycles. The Morgan fingerprint density at radius 1 is 1.25 bits per heavy atom. The highest BCUT2D eigenvalue weighted by atomic mass is 16.6. The molecule has 0 fully saturated rings. The zero-order valence-electron chi connectivity index (χ0n) is 13.8. The Hall–Kier alpha value is -2.73. The number of hydrogen-bond donors (Lipinski definition) is 0. The van der Waals surface area contributed by atoms with Gasteiger partial charge in [-0.1, -0.05) is 18.2 Å². The number of benzene rings is 2. The average molecular weight is 326 g/mol. The van der Waals surface area contributed by atoms with Crippen LogP contribution in [0.3, 0.4) is 0 Å². The topological polar surface area (TPSA) is 72.7 Å². The van der Waals surface area contributed by atoms with Gasteiger partial charge in [-0.05, 0) is 42.7 Å². The van der Waals surface area contributed by atoms with E-state index in [1.54, 1.807) is 13.0 Å². The molecule has 1 atom stereocenters. The molecule has 6 heteroatoms. The number of carbonyl (C=O) groups excluding carboxylic acids is 1. The Labute approximate surface area is 139 Å². The molecule has 124 valence electrons. The molecule has 1 aliphatic heterocycles. The molecular formula is C18H18N2O4. The van der Waals surface area contributed by atoms with E-state index in [0.717, 1.165) is 22.4 Å². The first-order chi connectivity index (χ1) is 11.4. The van der Waals surface area contributed by atoms with Crippen molar-refractivity contribution in [2.24, 2.45) is 0 Å². The van der Waals surface area contributed by atoms with Gasteiger partial charge in [0.25, 0.3) is 11.6 Å². The number of aryl methyl sites for hydroxylation is 2. The van der Waals surface area contributed by atoms with Crippen LogP contribution in [-0.2, 0) is 11.2 Å². The summed E-state index contributed by atoms with van der Waals surface area (Å²) in [6.45, 7) is 3.63. The van der Waals surface area contributed by atoms with Crippen molar-refractivity contribution < 1.29 is 14.5 Å². The van der Waals surface area contributed by atoms with Crippen molar-refractivity contribution in [2.45, 2.75) is 26.5 Å². The van der Waals surface area contributed by atoms with Crippen molar-refractivity contribution in [3.8, 4) is 0 Å². The van der Waals surface area contributed by atoms with E-state index in [4.69, 9.17) is 4.74 Å². The fourth-order valence-electron chi connectivity index (χ4n) is 3.03. The molecule has 24 heavy (non-hydrogen) atoms. The number of fused-ring (bicyclic) bond motifs is 1. The summed E-state index contributed by atoms with van der Waals surface area (Å²) in [4.78, 5) is 25.5. The number of nitrogens with zero attached hydrogens (tertiary/aromatic N) is 2. The molecule has 6 nitrogen and oxygen atoms in total. The van der Waals surface area contributed by atoms with Crippen molar-refractivity contribution in [3.63, 3.8) is 0 Å². The second kappa shape index (κ2) is 6.05. The maximum atomic E-state index is 13.1. The first kappa shape index (κ1) is 16.1. The SMILES string of the molecule is CO[C@@H]1Cc2ccccc2N1C(=O)c1cc(C)c(C)cc1[N+](=O)[O-]. The van der Waals surface area contributed by atoms with Gasteiger partial charge in [-0.25, -0.2) is 0 Å². The van der Waals surface area contributed by atoms with Crippen molar-refractivity contribution >= 4 is 17.3 Å². The lowest BCUT2D eigenvalue weighted by Gasteiger charge is -2.24. The van der Waals surface area contributed by atoms with Gasteiger partial charge in [-0.2, -0.15) is 0 Å². The standard InChI is InChI=1S/C18H18N2O4/c1-11-8-14(16(20(22)23)9-12(11)2)18(21)19-15-7-5-4-6-13(15)10-17(19)24-3/h4-9,17H,10H2,1-3H3/t17-/m1/s1. The minimum Gasteiger partial charge on any atom is -0.361 e. The number of nitro groups is 1. The molecule has 0 unspecified atom stereocenters. The highest BCUT2D eigenvalue weighted by Gasteiger charge is 2.36. The van der Waals surface area contributed by atoms with Gasteiger partial charge in [0.05, 0.1) is 10.6 Å². The Morgan fingerprint density at radius 2 is 1.92 bits per heavy atom. The van der Waals surface area contributed by atoms with E-state index in [2.05, 4.69) is 0 Å². The number of para-hydroxylation sites is 1. The second-order valence-electron chi connectivity index (χ2n) is 5.91. The maximum Gasteiger partial charge on any atom is 0.282 e. The highest BCUT2D eigenvalue weighted by Crippen LogP contribution is 2.35. The molecular weight excluding hydrogens is 308 g/mol. The smallest absolute Gasteiger partial charge is 0.282 e. The van der Waals surface area contributed by atoms with Gasteiger partial charge in [0, 0.05) is 19.6 Å². The second-order valence-corrected chi connectivity index (χ2v) is 5.91. The summed E-state index contributed by atoms with van der Waals surface area (Å²) in [7, 11) is 1.53. The van der Waals surface area contributed by atoms with E-state index in [1.807, 2.05) is 31.2 Å². The number of anilines is 1. The monoisotopic (exact) mass is 326 g/mol. The molecule has 0 aromatic heterocycles. The van der Waals surface area contributed by atoms with E-state index in [9.17, 15) is 14.9 Å². The van der Waals surface area contributed by atoms with Crippen LogP contribution >= 0.6 is 0 Å². The molecule has 0 saturated heterocycles. The van der Waals surface area contributed by atoms with E-state index in [0.29, 0.717) is 6.42 Å². The highest BCUT2D eigenvalue weighted by molar-refractivity contribution is 6.10. The van der Waals surface area contributed by atoms with Crippen LogP contribution in [-0.4, -0.2) is 24.2 Å². The summed E-state index contributed by atoms with van der Waals surface area (Å²) in [6.07, 6.45) is 0.105. The van der Waals surface area contributed by atoms with Gasteiger partial charge in [0.2, 0.25) is 0 Å². The molecule has 1 amide bonds. The Bertz CT molecular complexity index is 832. The van der Waals surface area contributed by atoms with Gasteiger partial charge in [-0.15, -0.1) is 0 Å². The fourth-order valence-corrected chi connectivity index (χ4v) is 3.03. The number of methoxy groups -OCH3 is 1. The summed E-state index contributed by atoms with van der Waals surface area (Å²) < 4.78 is 5.44. The van der Waals surface area contributed by atoms with Crippen LogP contribution in [0.25, 0.3) is 0 Å². The van der Waals surface area contributed by atoms with Crippen LogP contribution in [0.1, 0.15) is 27.0 Å². The molecule has 3 rings (SSSR count). The fraction of sp³-hybridized carbons (Fsp3) is 0.278. The normalized spacial score (nSPS) is 16.1. The third-order valence-electron chi connectivity index (χ3n) is 4.46. The first-order valence-corrected chi connectivity index (χ1v) is 7.64. The minimum atomic E-state index is -0.510. The Morgan fingerprint density at radius 3 is 2.58 bits per heavy atom. The molecule has 2 aromatic rings. The summed E-state index contributed by atoms with van der Waals surface area (Å²) >= 11 is 0. The summed E-state index contributed by atoms with van der Waals surface area (Å²) in [5, 5.41) is 11.4. The largest absolute Gasteiger partial charge is 0.361 e. The van der Waals surface area contributed by atoms with E-state index in [1.165, 1.54) is 18.1 Å². The van der Waals surface area contributed by atoms with E-state index < -0.39 is 17.1 Å². The molecule has 0 radical (unpaired) electrons. The lowest BCUT2D eigenvalue weighted by atomic mass is 10.0. The van der Waals surface area contributed by atoms with Crippen LogP contribution in [0, 0.1) is 24.0 Å². The number of nitro benzene ring substituents is 1. The summed E-state index contributed by atoms with van der Waals surface area (Å²) in [5.41, 5.74) is 3.25. The molecule has 0 bridgehead atoms. The lowest BCUT2D eigenvalue weighted by molar-refractivity contribution is -0.385. The maximum absolute atomic E-state index is 13.1. The number of carbonyl (C=O) groups is 1. The predicted octanol–water partition coefficient (Wildman–Crippen LogP) is 3.39. The van der Waals surface area contributed by atoms with Gasteiger partial charge in [0.15, 0.2) is 0 Å². The zero-order chi connectivity index (χ0) is 17.4. The zero-order valence-corrected chi connectivity index (χ0v) is 13.8.